The normalized spacial score (nSPS) is 20.4. The van der Waals surface area contributed by atoms with E-state index in [-0.39, 0.29) is 11.8 Å². The van der Waals surface area contributed by atoms with Crippen LogP contribution in [0.15, 0.2) is 17.0 Å². The molecule has 0 bridgehead atoms. The lowest BCUT2D eigenvalue weighted by molar-refractivity contribution is -0.120. The molecule has 0 unspecified atom stereocenters. The van der Waals surface area contributed by atoms with Crippen molar-refractivity contribution in [3.05, 3.63) is 17.0 Å². The van der Waals surface area contributed by atoms with E-state index < -0.39 is 0 Å². The summed E-state index contributed by atoms with van der Waals surface area (Å²) in [5.41, 5.74) is 0. The van der Waals surface area contributed by atoms with Crippen molar-refractivity contribution in [2.24, 2.45) is 5.92 Å². The Balaban J connectivity index is 1.93. The highest BCUT2D eigenvalue weighted by Gasteiger charge is 2.21. The van der Waals surface area contributed by atoms with Gasteiger partial charge in [0.1, 0.15) is 4.60 Å². The van der Waals surface area contributed by atoms with Crippen LogP contribution in [0, 0.1) is 5.92 Å². The summed E-state index contributed by atoms with van der Waals surface area (Å²) < 4.78 is 0.657. The molecule has 0 aliphatic carbocycles. The Morgan fingerprint density at radius 2 is 2.38 bits per heavy atom. The zero-order chi connectivity index (χ0) is 11.4. The maximum Gasteiger partial charge on any atom is 0.229 e. The van der Waals surface area contributed by atoms with E-state index in [4.69, 9.17) is 0 Å². The van der Waals surface area contributed by atoms with Crippen LogP contribution in [0.1, 0.15) is 12.8 Å². The van der Waals surface area contributed by atoms with E-state index in [9.17, 15) is 4.79 Å². The second-order valence-electron chi connectivity index (χ2n) is 3.76. The summed E-state index contributed by atoms with van der Waals surface area (Å²) in [5.74, 6) is 0.557. The Morgan fingerprint density at radius 1 is 1.50 bits per heavy atom. The molecule has 2 N–H and O–H groups in total. The molecule has 1 aliphatic rings. The third kappa shape index (κ3) is 2.99. The number of hydrogen-bond donors (Lipinski definition) is 2. The van der Waals surface area contributed by atoms with Crippen molar-refractivity contribution in [3.63, 3.8) is 0 Å². The molecular weight excluding hydrogens is 272 g/mol. The number of anilines is 1. The summed E-state index contributed by atoms with van der Waals surface area (Å²) in [5, 5.41) is 5.97. The van der Waals surface area contributed by atoms with Crippen LogP contribution < -0.4 is 10.6 Å². The zero-order valence-corrected chi connectivity index (χ0v) is 10.3. The van der Waals surface area contributed by atoms with E-state index in [1.165, 1.54) is 6.20 Å². The first-order valence-electron chi connectivity index (χ1n) is 5.25. The number of carbonyl (C=O) groups excluding carboxylic acids is 1. The highest BCUT2D eigenvalue weighted by molar-refractivity contribution is 9.10. The first kappa shape index (κ1) is 11.5. The van der Waals surface area contributed by atoms with Crippen molar-refractivity contribution < 1.29 is 4.79 Å². The first-order chi connectivity index (χ1) is 7.75. The van der Waals surface area contributed by atoms with E-state index in [1.807, 2.05) is 0 Å². The molecule has 1 aromatic heterocycles. The van der Waals surface area contributed by atoms with E-state index in [1.54, 1.807) is 6.20 Å². The molecule has 1 amide bonds. The van der Waals surface area contributed by atoms with Crippen molar-refractivity contribution in [1.82, 2.24) is 15.3 Å². The van der Waals surface area contributed by atoms with E-state index in [0.29, 0.717) is 10.4 Å². The smallest absolute Gasteiger partial charge is 0.229 e. The monoisotopic (exact) mass is 284 g/mol. The Morgan fingerprint density at radius 3 is 3.00 bits per heavy atom. The fourth-order valence-electron chi connectivity index (χ4n) is 1.68. The maximum atomic E-state index is 11.8. The molecule has 1 aromatic rings. The maximum absolute atomic E-state index is 11.8. The predicted molar refractivity (Wildman–Crippen MR) is 64.0 cm³/mol. The molecule has 2 rings (SSSR count). The van der Waals surface area contributed by atoms with E-state index >= 15 is 0 Å². The van der Waals surface area contributed by atoms with Crippen molar-refractivity contribution >= 4 is 27.7 Å². The predicted octanol–water partition coefficient (Wildman–Crippen LogP) is 1.18. The van der Waals surface area contributed by atoms with Crippen molar-refractivity contribution in [1.29, 1.82) is 0 Å². The van der Waals surface area contributed by atoms with Gasteiger partial charge in [0.25, 0.3) is 0 Å². The number of hydrogen-bond acceptors (Lipinski definition) is 4. The van der Waals surface area contributed by atoms with Gasteiger partial charge in [0.05, 0.1) is 18.3 Å². The van der Waals surface area contributed by atoms with Gasteiger partial charge in [-0.1, -0.05) is 0 Å². The highest BCUT2D eigenvalue weighted by atomic mass is 79.9. The minimum atomic E-state index is 0.0174. The fraction of sp³-hybridized carbons (Fsp3) is 0.500. The lowest BCUT2D eigenvalue weighted by Gasteiger charge is -2.21. The molecule has 16 heavy (non-hydrogen) atoms. The van der Waals surface area contributed by atoms with Crippen LogP contribution in [0.3, 0.4) is 0 Å². The number of aromatic nitrogens is 2. The zero-order valence-electron chi connectivity index (χ0n) is 8.74. The number of halogens is 1. The van der Waals surface area contributed by atoms with Crippen molar-refractivity contribution in [3.8, 4) is 0 Å². The summed E-state index contributed by atoms with van der Waals surface area (Å²) in [6.45, 7) is 1.75. The number of piperidine rings is 1. The number of rotatable bonds is 2. The number of amides is 1. The number of nitrogens with one attached hydrogen (secondary N) is 2. The quantitative estimate of drug-likeness (QED) is 0.856. The third-order valence-corrected chi connectivity index (χ3v) is 2.95. The summed E-state index contributed by atoms with van der Waals surface area (Å²) in [7, 11) is 0. The van der Waals surface area contributed by atoms with Crippen molar-refractivity contribution in [2.75, 3.05) is 18.4 Å². The standard InChI is InChI=1S/C10H13BrN4O/c11-8-5-14-9(6-13-8)15-10(16)7-2-1-3-12-4-7/h5-7,12H,1-4H2,(H,14,15,16)/t7-/m1/s1. The third-order valence-electron chi connectivity index (χ3n) is 2.54. The van der Waals surface area contributed by atoms with Crippen LogP contribution in [0.5, 0.6) is 0 Å². The number of nitrogens with zero attached hydrogens (tertiary/aromatic N) is 2. The summed E-state index contributed by atoms with van der Waals surface area (Å²) >= 11 is 3.19. The lowest BCUT2D eigenvalue weighted by atomic mass is 9.99. The van der Waals surface area contributed by atoms with Gasteiger partial charge >= 0.3 is 0 Å². The molecule has 86 valence electrons. The molecule has 0 radical (unpaired) electrons. The van der Waals surface area contributed by atoms with Crippen LogP contribution in [0.25, 0.3) is 0 Å². The molecule has 5 nitrogen and oxygen atoms in total. The molecule has 1 saturated heterocycles. The molecule has 6 heteroatoms. The molecule has 0 saturated carbocycles. The lowest BCUT2D eigenvalue weighted by Crippen LogP contribution is -2.37. The molecule has 0 spiro atoms. The second kappa shape index (κ2) is 5.36. The summed E-state index contributed by atoms with van der Waals surface area (Å²) in [6.07, 6.45) is 5.08. The SMILES string of the molecule is O=C(Nc1cnc(Br)cn1)[C@@H]1CCCNC1. The molecule has 1 aliphatic heterocycles. The summed E-state index contributed by atoms with van der Waals surface area (Å²) in [6, 6.07) is 0. The Bertz CT molecular complexity index is 362. The van der Waals surface area contributed by atoms with E-state index in [2.05, 4.69) is 36.5 Å². The average molecular weight is 285 g/mol. The second-order valence-corrected chi connectivity index (χ2v) is 4.57. The van der Waals surface area contributed by atoms with Crippen LogP contribution in [0.2, 0.25) is 0 Å². The number of carbonyl (C=O) groups is 1. The molecule has 2 heterocycles. The topological polar surface area (TPSA) is 66.9 Å². The average Bonchev–Trinajstić information content (AvgIpc) is 2.33. The minimum Gasteiger partial charge on any atom is -0.316 e. The van der Waals surface area contributed by atoms with E-state index in [0.717, 1.165) is 25.9 Å². The minimum absolute atomic E-state index is 0.0174. The van der Waals surface area contributed by atoms with Crippen LogP contribution in [-0.2, 0) is 4.79 Å². The van der Waals surface area contributed by atoms with Gasteiger partial charge < -0.3 is 10.6 Å². The fourth-order valence-corrected chi connectivity index (χ4v) is 1.89. The van der Waals surface area contributed by atoms with Gasteiger partial charge in [-0.15, -0.1) is 0 Å². The Kier molecular flexibility index (Phi) is 3.84. The largest absolute Gasteiger partial charge is 0.316 e. The van der Waals surface area contributed by atoms with Gasteiger partial charge in [0.15, 0.2) is 5.82 Å². The van der Waals surface area contributed by atoms with Crippen LogP contribution in [0.4, 0.5) is 5.82 Å². The highest BCUT2D eigenvalue weighted by Crippen LogP contribution is 2.13. The Labute approximate surface area is 102 Å². The molecular formula is C10H13BrN4O. The molecule has 1 fully saturated rings. The van der Waals surface area contributed by atoms with Gasteiger partial charge in [0.2, 0.25) is 5.91 Å². The van der Waals surface area contributed by atoms with Crippen LogP contribution in [-0.4, -0.2) is 29.0 Å². The van der Waals surface area contributed by atoms with Crippen LogP contribution >= 0.6 is 15.9 Å². The van der Waals surface area contributed by atoms with Gasteiger partial charge in [-0.2, -0.15) is 0 Å². The van der Waals surface area contributed by atoms with Crippen molar-refractivity contribution in [2.45, 2.75) is 12.8 Å². The Hall–Kier alpha value is -1.01. The van der Waals surface area contributed by atoms with Gasteiger partial charge in [-0.25, -0.2) is 9.97 Å². The van der Waals surface area contributed by atoms with Gasteiger partial charge in [0, 0.05) is 6.54 Å². The molecule has 0 aromatic carbocycles. The molecule has 1 atom stereocenters. The van der Waals surface area contributed by atoms with Gasteiger partial charge in [-0.3, -0.25) is 4.79 Å². The van der Waals surface area contributed by atoms with Gasteiger partial charge in [-0.05, 0) is 35.3 Å². The first-order valence-corrected chi connectivity index (χ1v) is 6.04. The summed E-state index contributed by atoms with van der Waals surface area (Å²) in [4.78, 5) is 19.9.